The molecule has 0 aliphatic heterocycles. The Balaban J connectivity index is 2.45. The Morgan fingerprint density at radius 3 is 2.62 bits per heavy atom. The quantitative estimate of drug-likeness (QED) is 0.506. The average molecular weight is 294 g/mol. The first-order valence-electron chi connectivity index (χ1n) is 7.80. The second-order valence-electron chi connectivity index (χ2n) is 5.69. The van der Waals surface area contributed by atoms with Gasteiger partial charge in [0.25, 0.3) is 0 Å². The van der Waals surface area contributed by atoms with E-state index in [2.05, 4.69) is 0 Å². The van der Waals surface area contributed by atoms with Crippen molar-refractivity contribution in [2.24, 2.45) is 11.8 Å². The van der Waals surface area contributed by atoms with Crippen LogP contribution in [0, 0.1) is 11.8 Å². The van der Waals surface area contributed by atoms with E-state index in [4.69, 9.17) is 5.11 Å². The van der Waals surface area contributed by atoms with E-state index in [0.29, 0.717) is 12.8 Å². The van der Waals surface area contributed by atoms with Crippen LogP contribution in [0.25, 0.3) is 0 Å². The predicted octanol–water partition coefficient (Wildman–Crippen LogP) is 3.11. The van der Waals surface area contributed by atoms with Gasteiger partial charge in [-0.3, -0.25) is 9.59 Å². The Labute approximate surface area is 126 Å². The van der Waals surface area contributed by atoms with E-state index in [1.807, 2.05) is 25.2 Å². The van der Waals surface area contributed by atoms with Gasteiger partial charge in [0.15, 0.2) is 5.78 Å². The number of carbonyl (C=O) groups is 2. The molecule has 0 radical (unpaired) electrons. The van der Waals surface area contributed by atoms with Gasteiger partial charge >= 0.3 is 5.97 Å². The van der Waals surface area contributed by atoms with E-state index >= 15 is 0 Å². The molecule has 0 aromatic heterocycles. The number of hydrogen-bond donors (Lipinski definition) is 2. The standard InChI is InChI=1S/C17H26O4/c1-2-6-14(18)11-9-13-10-12-16(19)15(13)7-4-3-5-8-17(20)21/h3-4,9,11,13,15-16,19H,2,5-8,10,12H2,1H3,(H,20,21). The monoisotopic (exact) mass is 294 g/mol. The van der Waals surface area contributed by atoms with Crippen molar-refractivity contribution in [1.29, 1.82) is 0 Å². The van der Waals surface area contributed by atoms with Gasteiger partial charge in [0, 0.05) is 12.8 Å². The maximum absolute atomic E-state index is 11.5. The molecule has 0 aromatic carbocycles. The Kier molecular flexibility index (Phi) is 7.98. The Bertz CT molecular complexity index is 398. The maximum atomic E-state index is 11.5. The molecular formula is C17H26O4. The molecule has 0 spiro atoms. The number of aliphatic hydroxyl groups excluding tert-OH is 1. The van der Waals surface area contributed by atoms with Crippen LogP contribution < -0.4 is 0 Å². The number of carboxylic acid groups (broad SMARTS) is 1. The highest BCUT2D eigenvalue weighted by atomic mass is 16.4. The summed E-state index contributed by atoms with van der Waals surface area (Å²) in [6, 6.07) is 0. The molecule has 3 unspecified atom stereocenters. The smallest absolute Gasteiger partial charge is 0.303 e. The van der Waals surface area contributed by atoms with Crippen LogP contribution in [0.4, 0.5) is 0 Å². The Morgan fingerprint density at radius 2 is 1.95 bits per heavy atom. The molecule has 1 fully saturated rings. The van der Waals surface area contributed by atoms with E-state index in [1.54, 1.807) is 6.08 Å². The van der Waals surface area contributed by atoms with Crippen LogP contribution in [0.15, 0.2) is 24.3 Å². The Hall–Kier alpha value is -1.42. The van der Waals surface area contributed by atoms with Gasteiger partial charge in [-0.2, -0.15) is 0 Å². The van der Waals surface area contributed by atoms with Gasteiger partial charge in [0.05, 0.1) is 6.10 Å². The number of aliphatic carboxylic acids is 1. The molecule has 2 N–H and O–H groups in total. The molecule has 1 aliphatic rings. The lowest BCUT2D eigenvalue weighted by atomic mass is 9.90. The van der Waals surface area contributed by atoms with E-state index in [0.717, 1.165) is 25.7 Å². The first-order valence-corrected chi connectivity index (χ1v) is 7.80. The third-order valence-corrected chi connectivity index (χ3v) is 3.97. The highest BCUT2D eigenvalue weighted by Gasteiger charge is 2.32. The number of allylic oxidation sites excluding steroid dienone is 4. The van der Waals surface area contributed by atoms with Crippen LogP contribution in [-0.2, 0) is 9.59 Å². The molecule has 1 saturated carbocycles. The van der Waals surface area contributed by atoms with Crippen LogP contribution in [0.5, 0.6) is 0 Å². The van der Waals surface area contributed by atoms with Crippen molar-refractivity contribution >= 4 is 11.8 Å². The van der Waals surface area contributed by atoms with Crippen LogP contribution in [0.2, 0.25) is 0 Å². The fourth-order valence-corrected chi connectivity index (χ4v) is 2.79. The van der Waals surface area contributed by atoms with Crippen LogP contribution in [0.3, 0.4) is 0 Å². The molecule has 4 heteroatoms. The minimum atomic E-state index is -0.796. The van der Waals surface area contributed by atoms with Crippen molar-refractivity contribution in [2.75, 3.05) is 0 Å². The zero-order valence-corrected chi connectivity index (χ0v) is 12.7. The minimum Gasteiger partial charge on any atom is -0.481 e. The van der Waals surface area contributed by atoms with Crippen molar-refractivity contribution in [3.05, 3.63) is 24.3 Å². The second-order valence-corrected chi connectivity index (χ2v) is 5.69. The van der Waals surface area contributed by atoms with E-state index in [-0.39, 0.29) is 30.1 Å². The summed E-state index contributed by atoms with van der Waals surface area (Å²) in [5.74, 6) is -0.271. The van der Waals surface area contributed by atoms with Crippen molar-refractivity contribution in [1.82, 2.24) is 0 Å². The van der Waals surface area contributed by atoms with Crippen molar-refractivity contribution < 1.29 is 19.8 Å². The number of carboxylic acids is 1. The molecule has 0 amide bonds. The van der Waals surface area contributed by atoms with E-state index < -0.39 is 5.97 Å². The van der Waals surface area contributed by atoms with Crippen LogP contribution in [-0.4, -0.2) is 28.1 Å². The summed E-state index contributed by atoms with van der Waals surface area (Å²) in [4.78, 5) is 21.9. The van der Waals surface area contributed by atoms with Gasteiger partial charge in [-0.1, -0.05) is 25.2 Å². The van der Waals surface area contributed by atoms with Crippen molar-refractivity contribution in [3.8, 4) is 0 Å². The molecule has 0 heterocycles. The summed E-state index contributed by atoms with van der Waals surface area (Å²) < 4.78 is 0. The second kappa shape index (κ2) is 9.50. The van der Waals surface area contributed by atoms with Crippen molar-refractivity contribution in [3.63, 3.8) is 0 Å². The fraction of sp³-hybridized carbons (Fsp3) is 0.647. The van der Waals surface area contributed by atoms with E-state index in [9.17, 15) is 14.7 Å². The third-order valence-electron chi connectivity index (χ3n) is 3.97. The topological polar surface area (TPSA) is 74.6 Å². The number of hydrogen-bond acceptors (Lipinski definition) is 3. The van der Waals surface area contributed by atoms with E-state index in [1.165, 1.54) is 0 Å². The summed E-state index contributed by atoms with van der Waals surface area (Å²) in [6.45, 7) is 1.98. The molecule has 0 aromatic rings. The minimum absolute atomic E-state index is 0.136. The maximum Gasteiger partial charge on any atom is 0.303 e. The highest BCUT2D eigenvalue weighted by Crippen LogP contribution is 2.35. The largest absolute Gasteiger partial charge is 0.481 e. The number of ketones is 1. The van der Waals surface area contributed by atoms with Gasteiger partial charge in [-0.25, -0.2) is 0 Å². The predicted molar refractivity (Wildman–Crippen MR) is 81.9 cm³/mol. The van der Waals surface area contributed by atoms with Gasteiger partial charge in [-0.15, -0.1) is 0 Å². The molecule has 4 nitrogen and oxygen atoms in total. The number of rotatable bonds is 9. The first kappa shape index (κ1) is 17.6. The lowest BCUT2D eigenvalue weighted by Gasteiger charge is -2.17. The highest BCUT2D eigenvalue weighted by molar-refractivity contribution is 5.89. The fourth-order valence-electron chi connectivity index (χ4n) is 2.79. The SMILES string of the molecule is CCCC(=O)C=CC1CCC(O)C1CC=CCCC(=O)O. The molecule has 1 aliphatic carbocycles. The molecule has 0 bridgehead atoms. The van der Waals surface area contributed by atoms with Crippen LogP contribution >= 0.6 is 0 Å². The summed E-state index contributed by atoms with van der Waals surface area (Å²) in [6.07, 6.45) is 11.6. The average Bonchev–Trinajstić information content (AvgIpc) is 2.77. The zero-order chi connectivity index (χ0) is 15.7. The summed E-state index contributed by atoms with van der Waals surface area (Å²) >= 11 is 0. The van der Waals surface area contributed by atoms with Gasteiger partial charge in [-0.05, 0) is 50.0 Å². The molecule has 21 heavy (non-hydrogen) atoms. The molecule has 1 rings (SSSR count). The summed E-state index contributed by atoms with van der Waals surface area (Å²) in [5.41, 5.74) is 0. The molecule has 3 atom stereocenters. The van der Waals surface area contributed by atoms with Gasteiger partial charge < -0.3 is 10.2 Å². The number of carbonyl (C=O) groups excluding carboxylic acids is 1. The summed E-state index contributed by atoms with van der Waals surface area (Å²) in [5, 5.41) is 18.6. The molecule has 118 valence electrons. The zero-order valence-electron chi connectivity index (χ0n) is 12.7. The van der Waals surface area contributed by atoms with Crippen LogP contribution in [0.1, 0.15) is 51.9 Å². The van der Waals surface area contributed by atoms with Crippen molar-refractivity contribution in [2.45, 2.75) is 58.0 Å². The number of aliphatic hydroxyl groups is 1. The normalized spacial score (nSPS) is 25.9. The van der Waals surface area contributed by atoms with Gasteiger partial charge in [0.2, 0.25) is 0 Å². The van der Waals surface area contributed by atoms with Gasteiger partial charge in [0.1, 0.15) is 0 Å². The molecular weight excluding hydrogens is 268 g/mol. The Morgan fingerprint density at radius 1 is 1.19 bits per heavy atom. The third kappa shape index (κ3) is 6.71. The lowest BCUT2D eigenvalue weighted by molar-refractivity contribution is -0.136. The lowest BCUT2D eigenvalue weighted by Crippen LogP contribution is -2.17. The summed E-state index contributed by atoms with van der Waals surface area (Å²) in [7, 11) is 0. The molecule has 0 saturated heterocycles. The first-order chi connectivity index (χ1) is 10.0.